The Balaban J connectivity index is 2.12. The van der Waals surface area contributed by atoms with Crippen molar-refractivity contribution in [1.29, 1.82) is 0 Å². The van der Waals surface area contributed by atoms with Crippen LogP contribution in [-0.4, -0.2) is 24.1 Å². The van der Waals surface area contributed by atoms with Crippen LogP contribution in [0, 0.1) is 5.92 Å². The number of halogens is 3. The van der Waals surface area contributed by atoms with Crippen molar-refractivity contribution in [2.75, 3.05) is 12.4 Å². The second kappa shape index (κ2) is 10.1. The molecule has 30 heavy (non-hydrogen) atoms. The zero-order valence-corrected chi connectivity index (χ0v) is 16.8. The highest BCUT2D eigenvalue weighted by Gasteiger charge is 2.30. The zero-order chi connectivity index (χ0) is 22.3. The molecule has 0 fully saturated rings. The fraction of sp³-hybridized carbons (Fsp3) is 0.364. The summed E-state index contributed by atoms with van der Waals surface area (Å²) in [5, 5.41) is 12.0. The maximum atomic E-state index is 12.6. The molecule has 0 aliphatic heterocycles. The second-order valence-corrected chi connectivity index (χ2v) is 6.98. The van der Waals surface area contributed by atoms with Crippen LogP contribution in [-0.2, 0) is 28.6 Å². The fourth-order valence-electron chi connectivity index (χ4n) is 3.12. The lowest BCUT2D eigenvalue weighted by Crippen LogP contribution is -2.17. The van der Waals surface area contributed by atoms with E-state index in [1.54, 1.807) is 18.2 Å². The summed E-state index contributed by atoms with van der Waals surface area (Å²) < 4.78 is 43.2. The Morgan fingerprint density at radius 3 is 2.27 bits per heavy atom. The van der Waals surface area contributed by atoms with Gasteiger partial charge >= 0.3 is 12.1 Å². The summed E-state index contributed by atoms with van der Waals surface area (Å²) in [5.41, 5.74) is 0.777. The Kier molecular flexibility index (Phi) is 7.86. The summed E-state index contributed by atoms with van der Waals surface area (Å²) >= 11 is 0. The minimum atomic E-state index is -4.43. The van der Waals surface area contributed by atoms with Gasteiger partial charge in [-0.3, -0.25) is 9.59 Å². The largest absolute Gasteiger partial charge is 0.495 e. The smallest absolute Gasteiger partial charge is 0.416 e. The minimum Gasteiger partial charge on any atom is -0.495 e. The Morgan fingerprint density at radius 1 is 1.10 bits per heavy atom. The maximum absolute atomic E-state index is 12.6. The Bertz CT molecular complexity index is 879. The number of anilines is 1. The topological polar surface area (TPSA) is 75.6 Å². The van der Waals surface area contributed by atoms with Crippen LogP contribution in [0.25, 0.3) is 0 Å². The first-order valence-electron chi connectivity index (χ1n) is 9.49. The van der Waals surface area contributed by atoms with E-state index in [4.69, 9.17) is 4.74 Å². The lowest BCUT2D eigenvalue weighted by Gasteiger charge is -2.15. The second-order valence-electron chi connectivity index (χ2n) is 6.98. The van der Waals surface area contributed by atoms with Gasteiger partial charge in [0.25, 0.3) is 0 Å². The predicted molar refractivity (Wildman–Crippen MR) is 107 cm³/mol. The van der Waals surface area contributed by atoms with Gasteiger partial charge in [0.2, 0.25) is 5.91 Å². The molecule has 1 atom stereocenters. The number of nitrogens with one attached hydrogen (secondary N) is 1. The van der Waals surface area contributed by atoms with Crippen molar-refractivity contribution in [2.45, 2.75) is 38.8 Å². The van der Waals surface area contributed by atoms with Gasteiger partial charge in [-0.15, -0.1) is 0 Å². The van der Waals surface area contributed by atoms with Crippen LogP contribution in [0.15, 0.2) is 42.5 Å². The summed E-state index contributed by atoms with van der Waals surface area (Å²) in [5.74, 6) is -1.42. The average molecular weight is 423 g/mol. The van der Waals surface area contributed by atoms with Gasteiger partial charge in [0.05, 0.1) is 30.7 Å². The molecular weight excluding hydrogens is 399 g/mol. The number of alkyl halides is 3. The predicted octanol–water partition coefficient (Wildman–Crippen LogP) is 4.94. The van der Waals surface area contributed by atoms with E-state index in [9.17, 15) is 27.9 Å². The molecule has 2 rings (SSSR count). The molecule has 0 aromatic heterocycles. The van der Waals surface area contributed by atoms with E-state index >= 15 is 0 Å². The highest BCUT2D eigenvalue weighted by molar-refractivity contribution is 5.93. The summed E-state index contributed by atoms with van der Waals surface area (Å²) in [7, 11) is 1.44. The summed E-state index contributed by atoms with van der Waals surface area (Å²) in [6, 6.07) is 9.45. The van der Waals surface area contributed by atoms with E-state index in [-0.39, 0.29) is 6.42 Å². The van der Waals surface area contributed by atoms with Crippen LogP contribution in [0.4, 0.5) is 18.9 Å². The van der Waals surface area contributed by atoms with Gasteiger partial charge in [-0.1, -0.05) is 31.5 Å². The van der Waals surface area contributed by atoms with Crippen molar-refractivity contribution in [3.8, 4) is 5.75 Å². The molecule has 1 unspecified atom stereocenters. The summed E-state index contributed by atoms with van der Waals surface area (Å²) in [4.78, 5) is 23.8. The summed E-state index contributed by atoms with van der Waals surface area (Å²) in [6.07, 6.45) is -2.95. The van der Waals surface area contributed by atoms with E-state index in [1.165, 1.54) is 19.2 Å². The van der Waals surface area contributed by atoms with Crippen LogP contribution < -0.4 is 10.1 Å². The molecule has 0 heterocycles. The van der Waals surface area contributed by atoms with Crippen molar-refractivity contribution in [3.05, 3.63) is 59.2 Å². The maximum Gasteiger partial charge on any atom is 0.416 e. The van der Waals surface area contributed by atoms with Crippen LogP contribution in [0.2, 0.25) is 0 Å². The molecule has 0 saturated heterocycles. The molecule has 2 aromatic rings. The van der Waals surface area contributed by atoms with E-state index in [0.717, 1.165) is 24.1 Å². The quantitative estimate of drug-likeness (QED) is 0.599. The van der Waals surface area contributed by atoms with E-state index in [1.807, 2.05) is 6.92 Å². The number of carboxylic acids is 1. The molecule has 5 nitrogen and oxygen atoms in total. The Labute approximate surface area is 172 Å². The Hall–Kier alpha value is -3.03. The third-order valence-electron chi connectivity index (χ3n) is 4.65. The molecule has 8 heteroatoms. The van der Waals surface area contributed by atoms with Gasteiger partial charge in [0.1, 0.15) is 5.75 Å². The van der Waals surface area contributed by atoms with Crippen molar-refractivity contribution in [3.63, 3.8) is 0 Å². The zero-order valence-electron chi connectivity index (χ0n) is 16.8. The number of rotatable bonds is 9. The molecule has 0 radical (unpaired) electrons. The molecule has 162 valence electrons. The van der Waals surface area contributed by atoms with Crippen molar-refractivity contribution >= 4 is 17.6 Å². The number of carbonyl (C=O) groups is 2. The van der Waals surface area contributed by atoms with E-state index in [2.05, 4.69) is 5.32 Å². The summed E-state index contributed by atoms with van der Waals surface area (Å²) in [6.45, 7) is 1.91. The molecular formula is C22H24F3NO4. The molecule has 2 aromatic carbocycles. The molecule has 2 N–H and O–H groups in total. The Morgan fingerprint density at radius 2 is 1.73 bits per heavy atom. The van der Waals surface area contributed by atoms with Crippen molar-refractivity contribution < 1.29 is 32.6 Å². The first kappa shape index (κ1) is 23.3. The first-order valence-corrected chi connectivity index (χ1v) is 9.49. The first-order chi connectivity index (χ1) is 14.1. The number of benzene rings is 2. The van der Waals surface area contributed by atoms with Crippen LogP contribution >= 0.6 is 0 Å². The molecule has 0 aliphatic rings. The fourth-order valence-corrected chi connectivity index (χ4v) is 3.12. The minimum absolute atomic E-state index is 0.112. The van der Waals surface area contributed by atoms with E-state index in [0.29, 0.717) is 29.8 Å². The normalized spacial score (nSPS) is 12.3. The van der Waals surface area contributed by atoms with E-state index < -0.39 is 29.5 Å². The number of amides is 1. The molecule has 1 amide bonds. The van der Waals surface area contributed by atoms with Gasteiger partial charge in [-0.2, -0.15) is 13.2 Å². The third kappa shape index (κ3) is 6.50. The number of carboxylic acid groups (broad SMARTS) is 1. The number of aliphatic carboxylic acids is 1. The average Bonchev–Trinajstić information content (AvgIpc) is 2.67. The number of carbonyl (C=O) groups excluding carboxylic acids is 1. The molecule has 0 aliphatic carbocycles. The SMILES string of the molecule is CCCC(Cc1ccc(OC)c(NC(=O)Cc2ccc(C(F)(F)F)cc2)c1)C(=O)O. The highest BCUT2D eigenvalue weighted by Crippen LogP contribution is 2.30. The number of hydrogen-bond donors (Lipinski definition) is 2. The molecule has 0 saturated carbocycles. The number of hydrogen-bond acceptors (Lipinski definition) is 3. The lowest BCUT2D eigenvalue weighted by atomic mass is 9.95. The highest BCUT2D eigenvalue weighted by atomic mass is 19.4. The monoisotopic (exact) mass is 423 g/mol. The van der Waals surface area contributed by atoms with Crippen molar-refractivity contribution in [2.24, 2.45) is 5.92 Å². The van der Waals surface area contributed by atoms with Gasteiger partial charge < -0.3 is 15.2 Å². The van der Waals surface area contributed by atoms with Crippen LogP contribution in [0.3, 0.4) is 0 Å². The number of ether oxygens (including phenoxy) is 1. The van der Waals surface area contributed by atoms with Crippen LogP contribution in [0.1, 0.15) is 36.5 Å². The number of methoxy groups -OCH3 is 1. The van der Waals surface area contributed by atoms with Gasteiger partial charge in [0.15, 0.2) is 0 Å². The van der Waals surface area contributed by atoms with Gasteiger partial charge in [0, 0.05) is 0 Å². The third-order valence-corrected chi connectivity index (χ3v) is 4.65. The van der Waals surface area contributed by atoms with Gasteiger partial charge in [-0.05, 0) is 48.2 Å². The van der Waals surface area contributed by atoms with Crippen molar-refractivity contribution in [1.82, 2.24) is 0 Å². The van der Waals surface area contributed by atoms with Crippen LogP contribution in [0.5, 0.6) is 5.75 Å². The molecule has 0 spiro atoms. The lowest BCUT2D eigenvalue weighted by molar-refractivity contribution is -0.142. The molecule has 0 bridgehead atoms. The standard InChI is InChI=1S/C22H24F3NO4/c1-3-4-16(21(28)29)11-15-7-10-19(30-2)18(12-15)26-20(27)13-14-5-8-17(9-6-14)22(23,24)25/h5-10,12,16H,3-4,11,13H2,1-2H3,(H,26,27)(H,28,29). The van der Waals surface area contributed by atoms with Gasteiger partial charge in [-0.25, -0.2) is 0 Å².